The van der Waals surface area contributed by atoms with E-state index in [0.717, 1.165) is 23.2 Å². The summed E-state index contributed by atoms with van der Waals surface area (Å²) in [5, 5.41) is 2.94. The van der Waals surface area contributed by atoms with Crippen molar-refractivity contribution >= 4 is 17.7 Å². The maximum absolute atomic E-state index is 12.5. The maximum atomic E-state index is 12.5. The van der Waals surface area contributed by atoms with Crippen molar-refractivity contribution in [2.45, 2.75) is 46.6 Å². The summed E-state index contributed by atoms with van der Waals surface area (Å²) >= 11 is 0. The van der Waals surface area contributed by atoms with Crippen LogP contribution in [0.5, 0.6) is 0 Å². The van der Waals surface area contributed by atoms with Crippen molar-refractivity contribution in [2.24, 2.45) is 5.92 Å². The standard InChI is InChI=1S/C18H26N2O3/c1-12(2)11-23-18(22)20-9-5-6-16(20)17(21)19-15-8-7-13(3)10-14(15)4/h7-8,10,12,16H,5-6,9,11H2,1-4H3,(H,19,21). The fraction of sp³-hybridized carbons (Fsp3) is 0.556. The molecule has 0 aromatic heterocycles. The van der Waals surface area contributed by atoms with E-state index in [4.69, 9.17) is 4.74 Å². The van der Waals surface area contributed by atoms with Crippen molar-refractivity contribution in [3.8, 4) is 0 Å². The normalized spacial score (nSPS) is 17.4. The summed E-state index contributed by atoms with van der Waals surface area (Å²) in [7, 11) is 0. The minimum absolute atomic E-state index is 0.143. The SMILES string of the molecule is Cc1ccc(NC(=O)C2CCCN2C(=O)OCC(C)C)c(C)c1. The van der Waals surface area contributed by atoms with Gasteiger partial charge in [0.25, 0.3) is 0 Å². The summed E-state index contributed by atoms with van der Waals surface area (Å²) in [6, 6.07) is 5.44. The molecule has 1 heterocycles. The van der Waals surface area contributed by atoms with E-state index in [2.05, 4.69) is 5.32 Å². The highest BCUT2D eigenvalue weighted by Crippen LogP contribution is 2.22. The molecule has 0 spiro atoms. The molecule has 2 amide bonds. The Hall–Kier alpha value is -2.04. The molecule has 0 saturated carbocycles. The number of rotatable bonds is 4. The first-order chi connectivity index (χ1) is 10.9. The summed E-state index contributed by atoms with van der Waals surface area (Å²) < 4.78 is 5.26. The Balaban J connectivity index is 2.01. The molecule has 126 valence electrons. The van der Waals surface area contributed by atoms with Crippen molar-refractivity contribution in [1.82, 2.24) is 4.90 Å². The van der Waals surface area contributed by atoms with Crippen LogP contribution >= 0.6 is 0 Å². The quantitative estimate of drug-likeness (QED) is 0.924. The monoisotopic (exact) mass is 318 g/mol. The summed E-state index contributed by atoms with van der Waals surface area (Å²) in [6.45, 7) is 8.90. The average molecular weight is 318 g/mol. The molecule has 0 aliphatic carbocycles. The number of anilines is 1. The largest absolute Gasteiger partial charge is 0.449 e. The molecule has 1 aromatic carbocycles. The fourth-order valence-corrected chi connectivity index (χ4v) is 2.75. The predicted molar refractivity (Wildman–Crippen MR) is 90.5 cm³/mol. The fourth-order valence-electron chi connectivity index (χ4n) is 2.75. The van der Waals surface area contributed by atoms with Gasteiger partial charge in [-0.1, -0.05) is 31.5 Å². The Kier molecular flexibility index (Phi) is 5.64. The van der Waals surface area contributed by atoms with Crippen LogP contribution in [-0.2, 0) is 9.53 Å². The number of amides is 2. The Morgan fingerprint density at radius 3 is 2.74 bits per heavy atom. The first-order valence-corrected chi connectivity index (χ1v) is 8.20. The smallest absolute Gasteiger partial charge is 0.410 e. The van der Waals surface area contributed by atoms with E-state index >= 15 is 0 Å². The van der Waals surface area contributed by atoms with Crippen LogP contribution in [0.3, 0.4) is 0 Å². The van der Waals surface area contributed by atoms with Crippen LogP contribution in [0.2, 0.25) is 0 Å². The number of likely N-dealkylation sites (tertiary alicyclic amines) is 1. The third-order valence-corrected chi connectivity index (χ3v) is 3.97. The van der Waals surface area contributed by atoms with Crippen molar-refractivity contribution in [3.63, 3.8) is 0 Å². The molecule has 1 aliphatic heterocycles. The van der Waals surface area contributed by atoms with E-state index in [1.807, 2.05) is 45.9 Å². The summed E-state index contributed by atoms with van der Waals surface area (Å²) in [5.41, 5.74) is 2.97. The van der Waals surface area contributed by atoms with Gasteiger partial charge in [-0.2, -0.15) is 0 Å². The van der Waals surface area contributed by atoms with E-state index in [-0.39, 0.29) is 11.8 Å². The minimum atomic E-state index is -0.449. The molecule has 23 heavy (non-hydrogen) atoms. The van der Waals surface area contributed by atoms with Gasteiger partial charge < -0.3 is 10.1 Å². The first kappa shape index (κ1) is 17.3. The van der Waals surface area contributed by atoms with Crippen LogP contribution in [0.4, 0.5) is 10.5 Å². The number of hydrogen-bond donors (Lipinski definition) is 1. The molecule has 0 radical (unpaired) electrons. The number of carbonyl (C=O) groups excluding carboxylic acids is 2. The second-order valence-corrected chi connectivity index (χ2v) is 6.63. The van der Waals surface area contributed by atoms with Crippen molar-refractivity contribution in [2.75, 3.05) is 18.5 Å². The van der Waals surface area contributed by atoms with Gasteiger partial charge in [-0.3, -0.25) is 9.69 Å². The molecule has 1 fully saturated rings. The number of aryl methyl sites for hydroxylation is 2. The van der Waals surface area contributed by atoms with Gasteiger partial charge >= 0.3 is 6.09 Å². The van der Waals surface area contributed by atoms with Crippen LogP contribution in [0.25, 0.3) is 0 Å². The van der Waals surface area contributed by atoms with Crippen molar-refractivity contribution in [1.29, 1.82) is 0 Å². The molecule has 5 nitrogen and oxygen atoms in total. The molecule has 1 aliphatic rings. The lowest BCUT2D eigenvalue weighted by Crippen LogP contribution is -2.43. The molecular formula is C18H26N2O3. The molecule has 2 rings (SSSR count). The van der Waals surface area contributed by atoms with Gasteiger partial charge in [0.2, 0.25) is 5.91 Å². The zero-order chi connectivity index (χ0) is 17.0. The van der Waals surface area contributed by atoms with Gasteiger partial charge in [-0.15, -0.1) is 0 Å². The Morgan fingerprint density at radius 1 is 1.35 bits per heavy atom. The second-order valence-electron chi connectivity index (χ2n) is 6.63. The van der Waals surface area contributed by atoms with E-state index in [0.29, 0.717) is 19.6 Å². The first-order valence-electron chi connectivity index (χ1n) is 8.20. The lowest BCUT2D eigenvalue weighted by atomic mass is 10.1. The highest BCUT2D eigenvalue weighted by molar-refractivity contribution is 5.97. The van der Waals surface area contributed by atoms with E-state index in [9.17, 15) is 9.59 Å². The average Bonchev–Trinajstić information content (AvgIpc) is 2.97. The number of benzene rings is 1. The van der Waals surface area contributed by atoms with Gasteiger partial charge in [0.05, 0.1) is 6.61 Å². The van der Waals surface area contributed by atoms with Gasteiger partial charge in [-0.25, -0.2) is 4.79 Å². The highest BCUT2D eigenvalue weighted by atomic mass is 16.6. The molecule has 0 bridgehead atoms. The van der Waals surface area contributed by atoms with Crippen LogP contribution in [0, 0.1) is 19.8 Å². The van der Waals surface area contributed by atoms with E-state index in [1.54, 1.807) is 4.90 Å². The third-order valence-electron chi connectivity index (χ3n) is 3.97. The zero-order valence-electron chi connectivity index (χ0n) is 14.4. The molecule has 1 aromatic rings. The van der Waals surface area contributed by atoms with Crippen LogP contribution in [0.1, 0.15) is 37.8 Å². The number of carbonyl (C=O) groups is 2. The zero-order valence-corrected chi connectivity index (χ0v) is 14.4. The highest BCUT2D eigenvalue weighted by Gasteiger charge is 2.35. The predicted octanol–water partition coefficient (Wildman–Crippen LogP) is 3.50. The Bertz CT molecular complexity index is 584. The van der Waals surface area contributed by atoms with E-state index in [1.165, 1.54) is 0 Å². The van der Waals surface area contributed by atoms with E-state index < -0.39 is 12.1 Å². The lowest BCUT2D eigenvalue weighted by Gasteiger charge is -2.24. The lowest BCUT2D eigenvalue weighted by molar-refractivity contribution is -0.120. The number of nitrogens with zero attached hydrogens (tertiary/aromatic N) is 1. The number of ether oxygens (including phenoxy) is 1. The molecule has 1 N–H and O–H groups in total. The maximum Gasteiger partial charge on any atom is 0.410 e. The van der Waals surface area contributed by atoms with Gasteiger partial charge in [-0.05, 0) is 44.2 Å². The summed E-state index contributed by atoms with van der Waals surface area (Å²) in [5.74, 6) is 0.139. The molecule has 1 saturated heterocycles. The van der Waals surface area contributed by atoms with Crippen LogP contribution in [-0.4, -0.2) is 36.1 Å². The minimum Gasteiger partial charge on any atom is -0.449 e. The van der Waals surface area contributed by atoms with Crippen LogP contribution < -0.4 is 5.32 Å². The molecule has 5 heteroatoms. The Morgan fingerprint density at radius 2 is 2.09 bits per heavy atom. The van der Waals surface area contributed by atoms with Gasteiger partial charge in [0.1, 0.15) is 6.04 Å². The summed E-state index contributed by atoms with van der Waals surface area (Å²) in [4.78, 5) is 26.2. The number of hydrogen-bond acceptors (Lipinski definition) is 3. The molecule has 1 atom stereocenters. The second kappa shape index (κ2) is 7.49. The van der Waals surface area contributed by atoms with Crippen molar-refractivity contribution < 1.29 is 14.3 Å². The van der Waals surface area contributed by atoms with Crippen molar-refractivity contribution in [3.05, 3.63) is 29.3 Å². The third kappa shape index (κ3) is 4.47. The van der Waals surface area contributed by atoms with Crippen LogP contribution in [0.15, 0.2) is 18.2 Å². The molecule has 1 unspecified atom stereocenters. The topological polar surface area (TPSA) is 58.6 Å². The van der Waals surface area contributed by atoms with Gasteiger partial charge in [0, 0.05) is 12.2 Å². The van der Waals surface area contributed by atoms with Gasteiger partial charge in [0.15, 0.2) is 0 Å². The Labute approximate surface area is 138 Å². The summed E-state index contributed by atoms with van der Waals surface area (Å²) in [6.07, 6.45) is 1.10. The number of nitrogens with one attached hydrogen (secondary N) is 1. The molecular weight excluding hydrogens is 292 g/mol.